The Bertz CT molecular complexity index is 544. The second-order valence-corrected chi connectivity index (χ2v) is 3.71. The third-order valence-electron chi connectivity index (χ3n) is 2.84. The van der Waals surface area contributed by atoms with Gasteiger partial charge in [0.15, 0.2) is 0 Å². The maximum Gasteiger partial charge on any atom is 0.118 e. The smallest absolute Gasteiger partial charge is 0.118 e. The molecule has 104 valence electrons. The fourth-order valence-corrected chi connectivity index (χ4v) is 2.18. The molecule has 0 heterocycles. The Kier molecular flexibility index (Phi) is 6.17. The molecule has 3 nitrogen and oxygen atoms in total. The molecule has 3 heteroatoms. The molecule has 0 bridgehead atoms. The molecule has 0 aliphatic heterocycles. The minimum Gasteiger partial charge on any atom is -0.399 e. The van der Waals surface area contributed by atoms with Crippen LogP contribution in [-0.2, 0) is 9.63 Å². The Balaban J connectivity index is 0.000000461. The van der Waals surface area contributed by atoms with Crippen LogP contribution in [0, 0.1) is 0 Å². The monoisotopic (exact) mass is 269 g/mol. The number of hydrogen-bond acceptors (Lipinski definition) is 3. The Labute approximate surface area is 119 Å². The van der Waals surface area contributed by atoms with Crippen molar-refractivity contribution >= 4 is 12.5 Å². The van der Waals surface area contributed by atoms with Crippen LogP contribution in [0.1, 0.15) is 25.0 Å². The SMILES string of the molecule is C=O.CC.CON=C1c2ccccc2-c2ccccc21. The first-order chi connectivity index (χ1) is 9.92. The van der Waals surface area contributed by atoms with Gasteiger partial charge in [-0.05, 0) is 11.1 Å². The van der Waals surface area contributed by atoms with Crippen molar-refractivity contribution in [2.75, 3.05) is 7.11 Å². The Hall–Kier alpha value is -2.42. The second-order valence-electron chi connectivity index (χ2n) is 3.71. The van der Waals surface area contributed by atoms with Gasteiger partial charge in [0.05, 0.1) is 0 Å². The van der Waals surface area contributed by atoms with Crippen molar-refractivity contribution in [1.82, 2.24) is 0 Å². The zero-order valence-electron chi connectivity index (χ0n) is 12.1. The maximum absolute atomic E-state index is 8.00. The van der Waals surface area contributed by atoms with E-state index in [1.807, 2.05) is 44.9 Å². The Morgan fingerprint density at radius 3 is 1.50 bits per heavy atom. The van der Waals surface area contributed by atoms with Gasteiger partial charge in [-0.2, -0.15) is 0 Å². The number of carbonyl (C=O) groups is 1. The number of carbonyl (C=O) groups excluding carboxylic acids is 1. The van der Waals surface area contributed by atoms with Gasteiger partial charge in [0, 0.05) is 11.1 Å². The number of hydrogen-bond donors (Lipinski definition) is 0. The molecule has 0 spiro atoms. The lowest BCUT2D eigenvalue weighted by molar-refractivity contribution is -0.0979. The summed E-state index contributed by atoms with van der Waals surface area (Å²) >= 11 is 0. The van der Waals surface area contributed by atoms with Gasteiger partial charge in [0.1, 0.15) is 19.6 Å². The first-order valence-corrected chi connectivity index (χ1v) is 6.51. The highest BCUT2D eigenvalue weighted by atomic mass is 16.6. The van der Waals surface area contributed by atoms with E-state index in [0.29, 0.717) is 0 Å². The molecule has 1 aliphatic rings. The molecule has 0 amide bonds. The Morgan fingerprint density at radius 2 is 1.15 bits per heavy atom. The number of oxime groups is 1. The summed E-state index contributed by atoms with van der Waals surface area (Å²) < 4.78 is 0. The van der Waals surface area contributed by atoms with Crippen molar-refractivity contribution in [2.24, 2.45) is 5.16 Å². The summed E-state index contributed by atoms with van der Waals surface area (Å²) in [6, 6.07) is 16.5. The van der Waals surface area contributed by atoms with Gasteiger partial charge in [-0.25, -0.2) is 0 Å². The molecule has 2 aromatic carbocycles. The minimum atomic E-state index is 0.925. The van der Waals surface area contributed by atoms with Crippen LogP contribution < -0.4 is 0 Å². The minimum absolute atomic E-state index is 0.925. The quantitative estimate of drug-likeness (QED) is 0.628. The number of fused-ring (bicyclic) bond motifs is 3. The van der Waals surface area contributed by atoms with Crippen molar-refractivity contribution in [1.29, 1.82) is 0 Å². The van der Waals surface area contributed by atoms with Gasteiger partial charge in [-0.15, -0.1) is 0 Å². The molecular weight excluding hydrogens is 250 g/mol. The van der Waals surface area contributed by atoms with Crippen LogP contribution in [0.15, 0.2) is 53.7 Å². The third kappa shape index (κ3) is 2.77. The lowest BCUT2D eigenvalue weighted by Crippen LogP contribution is -1.98. The van der Waals surface area contributed by atoms with E-state index < -0.39 is 0 Å². The average molecular weight is 269 g/mol. The molecule has 0 aromatic heterocycles. The van der Waals surface area contributed by atoms with Crippen molar-refractivity contribution in [2.45, 2.75) is 13.8 Å². The van der Waals surface area contributed by atoms with E-state index in [1.54, 1.807) is 7.11 Å². The topological polar surface area (TPSA) is 38.7 Å². The molecule has 0 unspecified atom stereocenters. The van der Waals surface area contributed by atoms with Gasteiger partial charge >= 0.3 is 0 Å². The molecule has 0 saturated heterocycles. The van der Waals surface area contributed by atoms with Crippen molar-refractivity contribution < 1.29 is 9.63 Å². The summed E-state index contributed by atoms with van der Waals surface area (Å²) in [5, 5.41) is 4.12. The van der Waals surface area contributed by atoms with Crippen LogP contribution in [0.5, 0.6) is 0 Å². The fraction of sp³-hybridized carbons (Fsp3) is 0.176. The molecule has 1 aliphatic carbocycles. The molecule has 0 fully saturated rings. The third-order valence-corrected chi connectivity index (χ3v) is 2.84. The second kappa shape index (κ2) is 7.89. The average Bonchev–Trinajstić information content (AvgIpc) is 2.87. The number of benzene rings is 2. The molecule has 2 aromatic rings. The molecule has 0 saturated carbocycles. The number of nitrogens with zero attached hydrogens (tertiary/aromatic N) is 1. The van der Waals surface area contributed by atoms with Gasteiger partial charge < -0.3 is 9.63 Å². The van der Waals surface area contributed by atoms with E-state index in [4.69, 9.17) is 9.63 Å². The highest BCUT2D eigenvalue weighted by Gasteiger charge is 2.24. The van der Waals surface area contributed by atoms with E-state index in [9.17, 15) is 0 Å². The van der Waals surface area contributed by atoms with E-state index >= 15 is 0 Å². The van der Waals surface area contributed by atoms with Gasteiger partial charge in [0.2, 0.25) is 0 Å². The summed E-state index contributed by atoms with van der Waals surface area (Å²) in [7, 11) is 1.58. The molecule has 0 atom stereocenters. The standard InChI is InChI=1S/C14H11NO.C2H6.CH2O/c1-16-15-14-12-8-4-2-6-10(12)11-7-3-5-9-13(11)14;2*1-2/h2-9H,1H3;1-2H3;1H2. The first-order valence-electron chi connectivity index (χ1n) is 6.51. The van der Waals surface area contributed by atoms with Gasteiger partial charge in [0.25, 0.3) is 0 Å². The zero-order valence-corrected chi connectivity index (χ0v) is 12.1. The molecule has 20 heavy (non-hydrogen) atoms. The lowest BCUT2D eigenvalue weighted by atomic mass is 10.1. The predicted molar refractivity (Wildman–Crippen MR) is 83.0 cm³/mol. The summed E-state index contributed by atoms with van der Waals surface area (Å²) in [4.78, 5) is 12.9. The maximum atomic E-state index is 8.00. The summed E-state index contributed by atoms with van der Waals surface area (Å²) in [5.41, 5.74) is 5.67. The van der Waals surface area contributed by atoms with E-state index in [0.717, 1.165) is 16.8 Å². The first kappa shape index (κ1) is 15.6. The predicted octanol–water partition coefficient (Wildman–Crippen LogP) is 3.91. The largest absolute Gasteiger partial charge is 0.399 e. The fourth-order valence-electron chi connectivity index (χ4n) is 2.18. The summed E-state index contributed by atoms with van der Waals surface area (Å²) in [6.45, 7) is 6.00. The van der Waals surface area contributed by atoms with Crippen LogP contribution in [0.2, 0.25) is 0 Å². The molecule has 3 rings (SSSR count). The highest BCUT2D eigenvalue weighted by molar-refractivity contribution is 6.24. The molecular formula is C17H19NO2. The van der Waals surface area contributed by atoms with Gasteiger partial charge in [-0.3, -0.25) is 0 Å². The van der Waals surface area contributed by atoms with Crippen molar-refractivity contribution in [3.8, 4) is 11.1 Å². The van der Waals surface area contributed by atoms with Crippen LogP contribution in [0.3, 0.4) is 0 Å². The summed E-state index contributed by atoms with van der Waals surface area (Å²) in [6.07, 6.45) is 0. The van der Waals surface area contributed by atoms with Crippen LogP contribution in [0.25, 0.3) is 11.1 Å². The zero-order chi connectivity index (χ0) is 15.0. The Morgan fingerprint density at radius 1 is 0.800 bits per heavy atom. The molecule has 0 N–H and O–H groups in total. The van der Waals surface area contributed by atoms with Crippen LogP contribution in [0.4, 0.5) is 0 Å². The molecule has 0 radical (unpaired) electrons. The van der Waals surface area contributed by atoms with Crippen LogP contribution >= 0.6 is 0 Å². The highest BCUT2D eigenvalue weighted by Crippen LogP contribution is 2.36. The normalized spacial score (nSPS) is 10.1. The lowest BCUT2D eigenvalue weighted by Gasteiger charge is -1.98. The van der Waals surface area contributed by atoms with Gasteiger partial charge in [-0.1, -0.05) is 67.5 Å². The van der Waals surface area contributed by atoms with E-state index in [2.05, 4.69) is 29.4 Å². The van der Waals surface area contributed by atoms with E-state index in [1.165, 1.54) is 11.1 Å². The van der Waals surface area contributed by atoms with E-state index in [-0.39, 0.29) is 0 Å². The van der Waals surface area contributed by atoms with Crippen molar-refractivity contribution in [3.63, 3.8) is 0 Å². The van der Waals surface area contributed by atoms with Crippen molar-refractivity contribution in [3.05, 3.63) is 59.7 Å². The number of rotatable bonds is 1. The summed E-state index contributed by atoms with van der Waals surface area (Å²) in [5.74, 6) is 0. The van der Waals surface area contributed by atoms with Crippen LogP contribution in [-0.4, -0.2) is 19.6 Å².